The van der Waals surface area contributed by atoms with Crippen molar-refractivity contribution in [2.45, 2.75) is 9.79 Å². The minimum Gasteiger partial charge on any atom is -0.258 e. The van der Waals surface area contributed by atoms with Gasteiger partial charge in [0.25, 0.3) is 5.69 Å². The van der Waals surface area contributed by atoms with Crippen molar-refractivity contribution in [2.75, 3.05) is 0 Å². The predicted molar refractivity (Wildman–Crippen MR) is 68.3 cm³/mol. The number of hydrogen-bond acceptors (Lipinski definition) is 4. The van der Waals surface area contributed by atoms with Gasteiger partial charge in [0.05, 0.1) is 4.92 Å². The van der Waals surface area contributed by atoms with E-state index in [1.807, 2.05) is 0 Å². The number of nitro benzene ring substituents is 1. The molecule has 0 N–H and O–H groups in total. The number of halogens is 2. The van der Waals surface area contributed by atoms with E-state index in [1.54, 1.807) is 6.07 Å². The first-order chi connectivity index (χ1) is 9.51. The Bertz CT molecular complexity index is 729. The van der Waals surface area contributed by atoms with E-state index in [9.17, 15) is 18.9 Å². The molecule has 0 aliphatic carbocycles. The Morgan fingerprint density at radius 3 is 2.55 bits per heavy atom. The van der Waals surface area contributed by atoms with E-state index in [-0.39, 0.29) is 16.1 Å². The lowest BCUT2D eigenvalue weighted by atomic mass is 10.2. The SMILES string of the molecule is N#Cc1ccc(Sc2ccc(F)cc2F)cc1[N+](=O)[O-]. The molecular weight excluding hydrogens is 286 g/mol. The van der Waals surface area contributed by atoms with Gasteiger partial charge < -0.3 is 0 Å². The van der Waals surface area contributed by atoms with Gasteiger partial charge in [-0.25, -0.2) is 8.78 Å². The fraction of sp³-hybridized carbons (Fsp3) is 0. The molecule has 20 heavy (non-hydrogen) atoms. The molecule has 2 aromatic rings. The van der Waals surface area contributed by atoms with Gasteiger partial charge in [0, 0.05) is 21.9 Å². The van der Waals surface area contributed by atoms with E-state index >= 15 is 0 Å². The summed E-state index contributed by atoms with van der Waals surface area (Å²) >= 11 is 0.918. The summed E-state index contributed by atoms with van der Waals surface area (Å²) < 4.78 is 26.3. The monoisotopic (exact) mass is 292 g/mol. The van der Waals surface area contributed by atoms with Gasteiger partial charge in [-0.2, -0.15) is 5.26 Å². The van der Waals surface area contributed by atoms with E-state index in [1.165, 1.54) is 24.3 Å². The molecule has 0 fully saturated rings. The first kappa shape index (κ1) is 14.0. The lowest BCUT2D eigenvalue weighted by Crippen LogP contribution is -1.92. The Hall–Kier alpha value is -2.46. The van der Waals surface area contributed by atoms with Crippen LogP contribution in [-0.4, -0.2) is 4.92 Å². The lowest BCUT2D eigenvalue weighted by Gasteiger charge is -2.04. The maximum atomic E-state index is 13.5. The van der Waals surface area contributed by atoms with Crippen LogP contribution in [0.4, 0.5) is 14.5 Å². The molecular formula is C13H6F2N2O2S. The van der Waals surface area contributed by atoms with Crippen molar-refractivity contribution < 1.29 is 13.7 Å². The Balaban J connectivity index is 2.37. The van der Waals surface area contributed by atoms with Crippen molar-refractivity contribution in [3.8, 4) is 6.07 Å². The van der Waals surface area contributed by atoms with Gasteiger partial charge in [0.15, 0.2) is 0 Å². The Labute approximate surface area is 116 Å². The van der Waals surface area contributed by atoms with Crippen LogP contribution in [0.15, 0.2) is 46.2 Å². The summed E-state index contributed by atoms with van der Waals surface area (Å²) in [5.74, 6) is -1.44. The Morgan fingerprint density at radius 2 is 1.95 bits per heavy atom. The molecule has 2 rings (SSSR count). The standard InChI is InChI=1S/C13H6F2N2O2S/c14-9-2-4-13(11(15)5-9)20-10-3-1-8(7-16)12(6-10)17(18)19/h1-6H. The molecule has 0 aliphatic rings. The predicted octanol–water partition coefficient (Wildman–Crippen LogP) is 3.90. The second-order valence-electron chi connectivity index (χ2n) is 3.72. The van der Waals surface area contributed by atoms with Crippen LogP contribution in [0.1, 0.15) is 5.56 Å². The van der Waals surface area contributed by atoms with Crippen LogP contribution in [0.5, 0.6) is 0 Å². The van der Waals surface area contributed by atoms with E-state index in [0.29, 0.717) is 4.90 Å². The second kappa shape index (κ2) is 5.67. The molecule has 0 amide bonds. The van der Waals surface area contributed by atoms with Gasteiger partial charge in [-0.1, -0.05) is 11.8 Å². The Kier molecular flexibility index (Phi) is 3.96. The summed E-state index contributed by atoms with van der Waals surface area (Å²) in [6.07, 6.45) is 0. The second-order valence-corrected chi connectivity index (χ2v) is 4.84. The molecule has 0 bridgehead atoms. The zero-order valence-electron chi connectivity index (χ0n) is 9.84. The van der Waals surface area contributed by atoms with Crippen molar-refractivity contribution >= 4 is 17.4 Å². The molecule has 100 valence electrons. The molecule has 2 aromatic carbocycles. The fourth-order valence-corrected chi connectivity index (χ4v) is 2.36. The van der Waals surface area contributed by atoms with Crippen molar-refractivity contribution in [1.82, 2.24) is 0 Å². The third-order valence-electron chi connectivity index (χ3n) is 2.41. The molecule has 0 heterocycles. The average Bonchev–Trinajstić information content (AvgIpc) is 2.41. The van der Waals surface area contributed by atoms with Crippen LogP contribution in [0, 0.1) is 33.1 Å². The van der Waals surface area contributed by atoms with Crippen LogP contribution in [-0.2, 0) is 0 Å². The molecule has 0 saturated carbocycles. The largest absolute Gasteiger partial charge is 0.288 e. The number of nitrogens with zero attached hydrogens (tertiary/aromatic N) is 2. The van der Waals surface area contributed by atoms with Crippen molar-refractivity contribution in [1.29, 1.82) is 5.26 Å². The molecule has 0 saturated heterocycles. The van der Waals surface area contributed by atoms with Crippen LogP contribution >= 0.6 is 11.8 Å². The van der Waals surface area contributed by atoms with Gasteiger partial charge in [-0.05, 0) is 24.3 Å². The third-order valence-corrected chi connectivity index (χ3v) is 3.45. The molecule has 4 nitrogen and oxygen atoms in total. The summed E-state index contributed by atoms with van der Waals surface area (Å²) in [7, 11) is 0. The highest BCUT2D eigenvalue weighted by molar-refractivity contribution is 7.99. The molecule has 0 unspecified atom stereocenters. The smallest absolute Gasteiger partial charge is 0.258 e. The number of hydrogen-bond donors (Lipinski definition) is 0. The van der Waals surface area contributed by atoms with Crippen molar-refractivity contribution in [3.05, 3.63) is 63.7 Å². The van der Waals surface area contributed by atoms with Crippen LogP contribution in [0.2, 0.25) is 0 Å². The van der Waals surface area contributed by atoms with Gasteiger partial charge in [0.2, 0.25) is 0 Å². The number of rotatable bonds is 3. The summed E-state index contributed by atoms with van der Waals surface area (Å²) in [5, 5.41) is 19.6. The zero-order valence-corrected chi connectivity index (χ0v) is 10.7. The average molecular weight is 292 g/mol. The summed E-state index contributed by atoms with van der Waals surface area (Å²) in [6, 6.07) is 8.75. The summed E-state index contributed by atoms with van der Waals surface area (Å²) in [5.41, 5.74) is -0.418. The lowest BCUT2D eigenvalue weighted by molar-refractivity contribution is -0.385. The summed E-state index contributed by atoms with van der Waals surface area (Å²) in [6.45, 7) is 0. The normalized spacial score (nSPS) is 10.1. The third kappa shape index (κ3) is 2.92. The van der Waals surface area contributed by atoms with E-state index in [2.05, 4.69) is 0 Å². The van der Waals surface area contributed by atoms with Crippen molar-refractivity contribution in [3.63, 3.8) is 0 Å². The van der Waals surface area contributed by atoms with Gasteiger partial charge in [0.1, 0.15) is 23.3 Å². The molecule has 0 spiro atoms. The zero-order chi connectivity index (χ0) is 14.7. The van der Waals surface area contributed by atoms with Gasteiger partial charge >= 0.3 is 0 Å². The van der Waals surface area contributed by atoms with E-state index < -0.39 is 16.6 Å². The highest BCUT2D eigenvalue weighted by atomic mass is 32.2. The van der Waals surface area contributed by atoms with Crippen LogP contribution in [0.3, 0.4) is 0 Å². The molecule has 0 atom stereocenters. The first-order valence-corrected chi connectivity index (χ1v) is 6.14. The van der Waals surface area contributed by atoms with E-state index in [0.717, 1.165) is 23.9 Å². The van der Waals surface area contributed by atoms with Crippen molar-refractivity contribution in [2.24, 2.45) is 0 Å². The molecule has 0 aliphatic heterocycles. The molecule has 0 radical (unpaired) electrons. The van der Waals surface area contributed by atoms with Gasteiger partial charge in [-0.3, -0.25) is 10.1 Å². The maximum Gasteiger partial charge on any atom is 0.288 e. The highest BCUT2D eigenvalue weighted by Crippen LogP contribution is 2.33. The fourth-order valence-electron chi connectivity index (χ4n) is 1.51. The minimum absolute atomic E-state index is 0.0704. The minimum atomic E-state index is -0.748. The van der Waals surface area contributed by atoms with E-state index in [4.69, 9.17) is 5.26 Å². The number of nitriles is 1. The number of nitro groups is 1. The quantitative estimate of drug-likeness (QED) is 0.635. The van der Waals surface area contributed by atoms with Gasteiger partial charge in [-0.15, -0.1) is 0 Å². The maximum absolute atomic E-state index is 13.5. The highest BCUT2D eigenvalue weighted by Gasteiger charge is 2.15. The molecule has 0 aromatic heterocycles. The summed E-state index contributed by atoms with van der Waals surface area (Å²) in [4.78, 5) is 10.7. The molecule has 7 heteroatoms. The number of benzene rings is 2. The topological polar surface area (TPSA) is 66.9 Å². The van der Waals surface area contributed by atoms with Crippen LogP contribution < -0.4 is 0 Å². The Morgan fingerprint density at radius 1 is 1.20 bits per heavy atom. The van der Waals surface area contributed by atoms with Crippen LogP contribution in [0.25, 0.3) is 0 Å². The first-order valence-electron chi connectivity index (χ1n) is 5.32.